The highest BCUT2D eigenvalue weighted by Crippen LogP contribution is 2.12. The van der Waals surface area contributed by atoms with Gasteiger partial charge in [0.05, 0.1) is 18.5 Å². The van der Waals surface area contributed by atoms with Gasteiger partial charge in [0.15, 0.2) is 0 Å². The molecule has 1 unspecified atom stereocenters. The van der Waals surface area contributed by atoms with Crippen LogP contribution in [0.2, 0.25) is 0 Å². The zero-order valence-corrected chi connectivity index (χ0v) is 14.6. The molecule has 0 aliphatic carbocycles. The van der Waals surface area contributed by atoms with Crippen LogP contribution in [0.1, 0.15) is 27.2 Å². The Bertz CT molecular complexity index is 426. The average Bonchev–Trinajstić information content (AvgIpc) is 2.50. The Hall–Kier alpha value is -1.47. The normalized spacial score (nSPS) is 19.0. The molecule has 1 aliphatic rings. The maximum atomic E-state index is 12.2. The molecule has 132 valence electrons. The van der Waals surface area contributed by atoms with Crippen molar-refractivity contribution in [2.75, 3.05) is 46.4 Å². The standard InChI is InChI=1S/C16H29N3O4/c1-12(2)16(22)23-11-14-10-19(15(21)5-6-17-4)8-7-18(14)9-13(3)20/h12,14,17H,5-11H2,1-4H3. The molecule has 7 nitrogen and oxygen atoms in total. The lowest BCUT2D eigenvalue weighted by atomic mass is 10.1. The zero-order chi connectivity index (χ0) is 17.4. The van der Waals surface area contributed by atoms with Crippen molar-refractivity contribution in [1.29, 1.82) is 0 Å². The van der Waals surface area contributed by atoms with Crippen LogP contribution in [0.3, 0.4) is 0 Å². The fourth-order valence-corrected chi connectivity index (χ4v) is 2.51. The molecule has 0 radical (unpaired) electrons. The molecule has 7 heteroatoms. The number of ketones is 1. The molecular weight excluding hydrogens is 298 g/mol. The third-order valence-corrected chi connectivity index (χ3v) is 3.86. The van der Waals surface area contributed by atoms with E-state index in [1.54, 1.807) is 25.7 Å². The molecule has 0 bridgehead atoms. The predicted octanol–water partition coefficient (Wildman–Crippen LogP) is -0.103. The number of hydrogen-bond acceptors (Lipinski definition) is 6. The Balaban J connectivity index is 2.64. The largest absolute Gasteiger partial charge is 0.464 e. The number of carbonyl (C=O) groups is 3. The van der Waals surface area contributed by atoms with Crippen LogP contribution in [0.5, 0.6) is 0 Å². The third-order valence-electron chi connectivity index (χ3n) is 3.86. The van der Waals surface area contributed by atoms with Crippen LogP contribution in [0.4, 0.5) is 0 Å². The lowest BCUT2D eigenvalue weighted by molar-refractivity contribution is -0.150. The molecule has 0 saturated carbocycles. The van der Waals surface area contributed by atoms with E-state index in [4.69, 9.17) is 4.74 Å². The molecule has 1 heterocycles. The quantitative estimate of drug-likeness (QED) is 0.627. The van der Waals surface area contributed by atoms with Gasteiger partial charge in [-0.3, -0.25) is 19.3 Å². The molecule has 1 saturated heterocycles. The van der Waals surface area contributed by atoms with Crippen LogP contribution >= 0.6 is 0 Å². The number of amides is 1. The van der Waals surface area contributed by atoms with Gasteiger partial charge >= 0.3 is 5.97 Å². The minimum absolute atomic E-state index is 0.0696. The Kier molecular flexibility index (Phi) is 8.19. The van der Waals surface area contributed by atoms with Crippen LogP contribution in [0.15, 0.2) is 0 Å². The van der Waals surface area contributed by atoms with Gasteiger partial charge in [-0.15, -0.1) is 0 Å². The summed E-state index contributed by atoms with van der Waals surface area (Å²) in [5.74, 6) is -0.290. The van der Waals surface area contributed by atoms with Gasteiger partial charge in [0.25, 0.3) is 0 Å². The first-order chi connectivity index (χ1) is 10.8. The summed E-state index contributed by atoms with van der Waals surface area (Å²) in [5.41, 5.74) is 0. The second kappa shape index (κ2) is 9.62. The lowest BCUT2D eigenvalue weighted by Crippen LogP contribution is -2.57. The molecule has 1 N–H and O–H groups in total. The molecular formula is C16H29N3O4. The van der Waals surface area contributed by atoms with E-state index < -0.39 is 0 Å². The number of hydrogen-bond donors (Lipinski definition) is 1. The van der Waals surface area contributed by atoms with Gasteiger partial charge < -0.3 is 15.0 Å². The van der Waals surface area contributed by atoms with Crippen molar-refractivity contribution >= 4 is 17.7 Å². The summed E-state index contributed by atoms with van der Waals surface area (Å²) in [6.45, 7) is 7.98. The smallest absolute Gasteiger partial charge is 0.308 e. The van der Waals surface area contributed by atoms with E-state index >= 15 is 0 Å². The van der Waals surface area contributed by atoms with E-state index in [1.165, 1.54) is 0 Å². The second-order valence-corrected chi connectivity index (χ2v) is 6.30. The summed E-state index contributed by atoms with van der Waals surface area (Å²) in [5, 5.41) is 2.96. The van der Waals surface area contributed by atoms with Crippen molar-refractivity contribution in [1.82, 2.24) is 15.1 Å². The maximum absolute atomic E-state index is 12.2. The first kappa shape index (κ1) is 19.6. The number of esters is 1. The minimum atomic E-state index is -0.258. The van der Waals surface area contributed by atoms with Gasteiger partial charge in [0.1, 0.15) is 12.4 Å². The highest BCUT2D eigenvalue weighted by atomic mass is 16.5. The van der Waals surface area contributed by atoms with Crippen molar-refractivity contribution < 1.29 is 19.1 Å². The van der Waals surface area contributed by atoms with Gasteiger partial charge in [0.2, 0.25) is 5.91 Å². The van der Waals surface area contributed by atoms with Crippen molar-refractivity contribution in [2.24, 2.45) is 5.92 Å². The maximum Gasteiger partial charge on any atom is 0.308 e. The Morgan fingerprint density at radius 1 is 1.26 bits per heavy atom. The van der Waals surface area contributed by atoms with Crippen LogP contribution < -0.4 is 5.32 Å². The van der Waals surface area contributed by atoms with Crippen molar-refractivity contribution in [3.8, 4) is 0 Å². The predicted molar refractivity (Wildman–Crippen MR) is 87.0 cm³/mol. The average molecular weight is 327 g/mol. The van der Waals surface area contributed by atoms with Crippen LogP contribution in [0.25, 0.3) is 0 Å². The van der Waals surface area contributed by atoms with Crippen molar-refractivity contribution in [2.45, 2.75) is 33.2 Å². The third kappa shape index (κ3) is 6.66. The molecule has 0 spiro atoms. The first-order valence-electron chi connectivity index (χ1n) is 8.17. The Morgan fingerprint density at radius 3 is 2.52 bits per heavy atom. The van der Waals surface area contributed by atoms with E-state index in [-0.39, 0.29) is 36.2 Å². The van der Waals surface area contributed by atoms with Gasteiger partial charge in [-0.05, 0) is 14.0 Å². The van der Waals surface area contributed by atoms with Crippen LogP contribution in [-0.2, 0) is 19.1 Å². The lowest BCUT2D eigenvalue weighted by Gasteiger charge is -2.40. The van der Waals surface area contributed by atoms with Gasteiger partial charge in [-0.1, -0.05) is 13.8 Å². The molecule has 23 heavy (non-hydrogen) atoms. The molecule has 1 amide bonds. The summed E-state index contributed by atoms with van der Waals surface area (Å²) >= 11 is 0. The van der Waals surface area contributed by atoms with E-state index in [0.717, 1.165) is 0 Å². The molecule has 0 aromatic rings. The van der Waals surface area contributed by atoms with E-state index in [2.05, 4.69) is 5.32 Å². The summed E-state index contributed by atoms with van der Waals surface area (Å²) in [4.78, 5) is 39.1. The highest BCUT2D eigenvalue weighted by Gasteiger charge is 2.30. The topological polar surface area (TPSA) is 79.0 Å². The van der Waals surface area contributed by atoms with E-state index in [9.17, 15) is 14.4 Å². The number of Topliss-reactive ketones (excluding diaryl/α,β-unsaturated/α-hetero) is 1. The number of piperazine rings is 1. The number of nitrogens with one attached hydrogen (secondary N) is 1. The Labute approximate surface area is 138 Å². The fraction of sp³-hybridized carbons (Fsp3) is 0.812. The number of carbonyl (C=O) groups excluding carboxylic acids is 3. The fourth-order valence-electron chi connectivity index (χ4n) is 2.51. The highest BCUT2D eigenvalue weighted by molar-refractivity contribution is 5.78. The SMILES string of the molecule is CNCCC(=O)N1CCN(CC(C)=O)C(COC(=O)C(C)C)C1. The molecule has 1 fully saturated rings. The zero-order valence-electron chi connectivity index (χ0n) is 14.6. The number of ether oxygens (including phenoxy) is 1. The molecule has 1 aliphatic heterocycles. The molecule has 0 aromatic carbocycles. The van der Waals surface area contributed by atoms with Crippen LogP contribution in [0, 0.1) is 5.92 Å². The Morgan fingerprint density at radius 2 is 1.96 bits per heavy atom. The van der Waals surface area contributed by atoms with E-state index in [1.807, 2.05) is 11.9 Å². The number of nitrogens with zero attached hydrogens (tertiary/aromatic N) is 2. The van der Waals surface area contributed by atoms with Gasteiger partial charge in [-0.25, -0.2) is 0 Å². The summed E-state index contributed by atoms with van der Waals surface area (Å²) in [7, 11) is 1.81. The molecule has 0 aromatic heterocycles. The first-order valence-corrected chi connectivity index (χ1v) is 8.17. The minimum Gasteiger partial charge on any atom is -0.464 e. The molecule has 1 rings (SSSR count). The van der Waals surface area contributed by atoms with Crippen molar-refractivity contribution in [3.05, 3.63) is 0 Å². The monoisotopic (exact) mass is 327 g/mol. The number of rotatable bonds is 8. The van der Waals surface area contributed by atoms with Crippen molar-refractivity contribution in [3.63, 3.8) is 0 Å². The van der Waals surface area contributed by atoms with Gasteiger partial charge in [0, 0.05) is 32.6 Å². The summed E-state index contributed by atoms with van der Waals surface area (Å²) in [6.07, 6.45) is 0.446. The summed E-state index contributed by atoms with van der Waals surface area (Å²) in [6, 6.07) is -0.131. The second-order valence-electron chi connectivity index (χ2n) is 6.30. The van der Waals surface area contributed by atoms with E-state index in [0.29, 0.717) is 39.1 Å². The molecule has 1 atom stereocenters. The van der Waals surface area contributed by atoms with Crippen LogP contribution in [-0.4, -0.2) is 79.9 Å². The summed E-state index contributed by atoms with van der Waals surface area (Å²) < 4.78 is 5.32. The van der Waals surface area contributed by atoms with Gasteiger partial charge in [-0.2, -0.15) is 0 Å².